The van der Waals surface area contributed by atoms with Gasteiger partial charge in [-0.3, -0.25) is 10.2 Å². The summed E-state index contributed by atoms with van der Waals surface area (Å²) in [5.74, 6) is 0.723. The van der Waals surface area contributed by atoms with E-state index in [1.165, 1.54) is 11.0 Å². The van der Waals surface area contributed by atoms with E-state index < -0.39 is 11.9 Å². The number of nitrogens with zero attached hydrogens (tertiary/aromatic N) is 2. The molecule has 3 rings (SSSR count). The van der Waals surface area contributed by atoms with Gasteiger partial charge < -0.3 is 14.1 Å². The van der Waals surface area contributed by atoms with Crippen LogP contribution < -0.4 is 15.6 Å². The molecule has 0 fully saturated rings. The molecule has 0 radical (unpaired) electrons. The molecule has 2 heterocycles. The van der Waals surface area contributed by atoms with Gasteiger partial charge in [0.2, 0.25) is 0 Å². The number of hydrogen-bond acceptors (Lipinski definition) is 6. The number of hydrazine groups is 1. The van der Waals surface area contributed by atoms with Gasteiger partial charge in [-0.1, -0.05) is 25.1 Å². The number of hydrogen-bond donors (Lipinski definition) is 2. The molecule has 152 valence electrons. The maximum absolute atomic E-state index is 12.2. The maximum Gasteiger partial charge on any atom is 0.336 e. The van der Waals surface area contributed by atoms with Gasteiger partial charge in [0.1, 0.15) is 18.1 Å². The first-order chi connectivity index (χ1) is 14.0. The van der Waals surface area contributed by atoms with Gasteiger partial charge in [-0.05, 0) is 30.7 Å². The molecule has 2 N–H and O–H groups in total. The fourth-order valence-corrected chi connectivity index (χ4v) is 3.15. The van der Waals surface area contributed by atoms with Crippen LogP contribution in [-0.2, 0) is 19.6 Å². The lowest BCUT2D eigenvalue weighted by Crippen LogP contribution is -2.47. The van der Waals surface area contributed by atoms with Crippen molar-refractivity contribution in [2.75, 3.05) is 7.05 Å². The van der Waals surface area contributed by atoms with Gasteiger partial charge in [-0.2, -0.15) is 0 Å². The molecule has 8 nitrogen and oxygen atoms in total. The summed E-state index contributed by atoms with van der Waals surface area (Å²) in [5, 5.41) is 2.94. The highest BCUT2D eigenvalue weighted by Crippen LogP contribution is 2.14. The molecule has 0 saturated carbocycles. The Morgan fingerprint density at radius 1 is 1.17 bits per heavy atom. The molecule has 0 aliphatic heterocycles. The number of benzene rings is 1. The number of thiazole rings is 1. The standard InChI is InChI=1S/C20H22N4O4S/c1-3-18-21-14(13-29-18)11-24(2)20(26)23-22-19(25)17-10-9-16(28-17)12-27-15-7-5-4-6-8-15/h4-10,13H,3,11-12H2,1-2H3,(H,22,25)(H,23,26). The summed E-state index contributed by atoms with van der Waals surface area (Å²) < 4.78 is 11.0. The van der Waals surface area contributed by atoms with Gasteiger partial charge in [0.05, 0.1) is 17.2 Å². The van der Waals surface area contributed by atoms with Crippen LogP contribution in [0.5, 0.6) is 5.75 Å². The number of amides is 3. The predicted molar refractivity (Wildman–Crippen MR) is 108 cm³/mol. The van der Waals surface area contributed by atoms with Gasteiger partial charge in [0.25, 0.3) is 0 Å². The lowest BCUT2D eigenvalue weighted by atomic mass is 10.3. The monoisotopic (exact) mass is 414 g/mol. The molecule has 1 aromatic carbocycles. The van der Waals surface area contributed by atoms with Crippen molar-refractivity contribution >= 4 is 23.3 Å². The first kappa shape index (κ1) is 20.4. The van der Waals surface area contributed by atoms with Gasteiger partial charge in [-0.15, -0.1) is 11.3 Å². The number of aryl methyl sites for hydroxylation is 1. The van der Waals surface area contributed by atoms with Crippen molar-refractivity contribution in [1.82, 2.24) is 20.7 Å². The van der Waals surface area contributed by atoms with Gasteiger partial charge in [-0.25, -0.2) is 15.2 Å². The average Bonchev–Trinajstić information content (AvgIpc) is 3.40. The number of furan rings is 1. The summed E-state index contributed by atoms with van der Waals surface area (Å²) in [7, 11) is 1.62. The van der Waals surface area contributed by atoms with Crippen LogP contribution in [0.1, 0.15) is 33.9 Å². The maximum atomic E-state index is 12.2. The summed E-state index contributed by atoms with van der Waals surface area (Å²) in [6.45, 7) is 2.57. The molecule has 0 bridgehead atoms. The first-order valence-corrected chi connectivity index (χ1v) is 9.94. The minimum absolute atomic E-state index is 0.0757. The largest absolute Gasteiger partial charge is 0.486 e. The van der Waals surface area contributed by atoms with Crippen LogP contribution in [0.4, 0.5) is 4.79 Å². The third-order valence-electron chi connectivity index (χ3n) is 3.94. The Hall–Kier alpha value is -3.33. The number of aromatic nitrogens is 1. The summed E-state index contributed by atoms with van der Waals surface area (Å²) in [4.78, 5) is 30.2. The molecule has 3 amide bonds. The highest BCUT2D eigenvalue weighted by Gasteiger charge is 2.15. The van der Waals surface area contributed by atoms with Crippen LogP contribution in [-0.4, -0.2) is 28.9 Å². The zero-order chi connectivity index (χ0) is 20.6. The van der Waals surface area contributed by atoms with Gasteiger partial charge in [0, 0.05) is 12.4 Å². The van der Waals surface area contributed by atoms with Crippen LogP contribution in [0.15, 0.2) is 52.3 Å². The van der Waals surface area contributed by atoms with Crippen LogP contribution >= 0.6 is 11.3 Å². The zero-order valence-corrected chi connectivity index (χ0v) is 17.0. The van der Waals surface area contributed by atoms with E-state index in [9.17, 15) is 9.59 Å². The third kappa shape index (κ3) is 5.82. The summed E-state index contributed by atoms with van der Waals surface area (Å²) in [6.07, 6.45) is 0.859. The number of para-hydroxylation sites is 1. The highest BCUT2D eigenvalue weighted by molar-refractivity contribution is 7.09. The van der Waals surface area contributed by atoms with Gasteiger partial charge >= 0.3 is 11.9 Å². The van der Waals surface area contributed by atoms with Crippen molar-refractivity contribution in [1.29, 1.82) is 0 Å². The summed E-state index contributed by atoms with van der Waals surface area (Å²) >= 11 is 1.56. The topological polar surface area (TPSA) is 96.7 Å². The number of rotatable bonds is 7. The summed E-state index contributed by atoms with van der Waals surface area (Å²) in [5.41, 5.74) is 5.51. The van der Waals surface area contributed by atoms with Crippen molar-refractivity contribution < 1.29 is 18.7 Å². The molecule has 9 heteroatoms. The average molecular weight is 414 g/mol. The van der Waals surface area contributed by atoms with Gasteiger partial charge in [0.15, 0.2) is 5.76 Å². The van der Waals surface area contributed by atoms with E-state index in [4.69, 9.17) is 9.15 Å². The lowest BCUT2D eigenvalue weighted by molar-refractivity contribution is 0.0899. The molecular formula is C20H22N4O4S. The SMILES string of the molecule is CCc1nc(CN(C)C(=O)NNC(=O)c2ccc(COc3ccccc3)o2)cs1. The first-order valence-electron chi connectivity index (χ1n) is 9.06. The summed E-state index contributed by atoms with van der Waals surface area (Å²) in [6, 6.07) is 12.0. The quantitative estimate of drug-likeness (QED) is 0.578. The molecule has 2 aromatic heterocycles. The van der Waals surface area contributed by atoms with E-state index in [-0.39, 0.29) is 12.4 Å². The van der Waals surface area contributed by atoms with E-state index in [1.54, 1.807) is 24.5 Å². The van der Waals surface area contributed by atoms with Crippen LogP contribution in [0.25, 0.3) is 0 Å². The minimum Gasteiger partial charge on any atom is -0.486 e. The van der Waals surface area contributed by atoms with E-state index in [0.717, 1.165) is 17.1 Å². The second-order valence-electron chi connectivity index (χ2n) is 6.19. The second-order valence-corrected chi connectivity index (χ2v) is 7.14. The highest BCUT2D eigenvalue weighted by atomic mass is 32.1. The number of carbonyl (C=O) groups excluding carboxylic acids is 2. The molecule has 0 atom stereocenters. The van der Waals surface area contributed by atoms with E-state index >= 15 is 0 Å². The Bertz CT molecular complexity index is 954. The lowest BCUT2D eigenvalue weighted by Gasteiger charge is -2.16. The molecule has 0 aliphatic rings. The Kier molecular flexibility index (Phi) is 6.85. The van der Waals surface area contributed by atoms with Crippen LogP contribution in [0.2, 0.25) is 0 Å². The number of nitrogens with one attached hydrogen (secondary N) is 2. The molecule has 0 saturated heterocycles. The molecule has 0 unspecified atom stereocenters. The fraction of sp³-hybridized carbons (Fsp3) is 0.250. The Labute approximate surface area is 172 Å². The normalized spacial score (nSPS) is 10.4. The predicted octanol–water partition coefficient (Wildman–Crippen LogP) is 3.36. The van der Waals surface area contributed by atoms with E-state index in [2.05, 4.69) is 15.8 Å². The fourth-order valence-electron chi connectivity index (χ4n) is 2.41. The third-order valence-corrected chi connectivity index (χ3v) is 4.98. The zero-order valence-electron chi connectivity index (χ0n) is 16.2. The number of urea groups is 1. The molecule has 3 aromatic rings. The Morgan fingerprint density at radius 3 is 2.69 bits per heavy atom. The van der Waals surface area contributed by atoms with Crippen molar-refractivity contribution in [3.63, 3.8) is 0 Å². The minimum atomic E-state index is -0.556. The molecule has 29 heavy (non-hydrogen) atoms. The van der Waals surface area contributed by atoms with Crippen molar-refractivity contribution in [3.05, 3.63) is 70.1 Å². The van der Waals surface area contributed by atoms with Crippen LogP contribution in [0, 0.1) is 0 Å². The number of carbonyl (C=O) groups is 2. The van der Waals surface area contributed by atoms with E-state index in [1.807, 2.05) is 42.6 Å². The van der Waals surface area contributed by atoms with Crippen molar-refractivity contribution in [2.45, 2.75) is 26.5 Å². The number of ether oxygens (including phenoxy) is 1. The van der Waals surface area contributed by atoms with Crippen molar-refractivity contribution in [3.8, 4) is 5.75 Å². The van der Waals surface area contributed by atoms with Crippen molar-refractivity contribution in [2.24, 2.45) is 0 Å². The molecule has 0 spiro atoms. The molecular weight excluding hydrogens is 392 g/mol. The molecule has 0 aliphatic carbocycles. The second kappa shape index (κ2) is 9.74. The van der Waals surface area contributed by atoms with Crippen LogP contribution in [0.3, 0.4) is 0 Å². The van der Waals surface area contributed by atoms with E-state index in [0.29, 0.717) is 18.1 Å². The smallest absolute Gasteiger partial charge is 0.336 e. The Balaban J connectivity index is 1.45. The Morgan fingerprint density at radius 2 is 1.97 bits per heavy atom.